The lowest BCUT2D eigenvalue weighted by molar-refractivity contribution is 0.0521. The Morgan fingerprint density at radius 1 is 1.55 bits per heavy atom. The summed E-state index contributed by atoms with van der Waals surface area (Å²) in [6.07, 6.45) is 4.15. The minimum atomic E-state index is -0.449. The summed E-state index contributed by atoms with van der Waals surface area (Å²) in [6, 6.07) is 0. The molecule has 1 aromatic rings. The predicted molar refractivity (Wildman–Crippen MR) is 75.6 cm³/mol. The molecule has 1 fully saturated rings. The van der Waals surface area contributed by atoms with Crippen molar-refractivity contribution in [3.63, 3.8) is 0 Å². The van der Waals surface area contributed by atoms with E-state index in [1.807, 2.05) is 11.5 Å². The Hall–Kier alpha value is -1.56. The summed E-state index contributed by atoms with van der Waals surface area (Å²) in [5.74, 6) is 0.775. The van der Waals surface area contributed by atoms with Gasteiger partial charge in [0.1, 0.15) is 11.6 Å². The van der Waals surface area contributed by atoms with Gasteiger partial charge in [0.15, 0.2) is 5.69 Å². The first-order valence-corrected chi connectivity index (χ1v) is 7.30. The molecular formula is C14H23N3O3. The van der Waals surface area contributed by atoms with Crippen molar-refractivity contribution in [2.24, 2.45) is 0 Å². The van der Waals surface area contributed by atoms with Gasteiger partial charge in [-0.05, 0) is 26.2 Å². The fourth-order valence-corrected chi connectivity index (χ4v) is 2.53. The summed E-state index contributed by atoms with van der Waals surface area (Å²) < 4.78 is 12.5. The van der Waals surface area contributed by atoms with Crippen LogP contribution >= 0.6 is 0 Å². The van der Waals surface area contributed by atoms with Crippen LogP contribution in [0.2, 0.25) is 0 Å². The minimum Gasteiger partial charge on any atom is -0.461 e. The highest BCUT2D eigenvalue weighted by Crippen LogP contribution is 2.21. The van der Waals surface area contributed by atoms with Crippen molar-refractivity contribution in [1.82, 2.24) is 9.55 Å². The van der Waals surface area contributed by atoms with Crippen molar-refractivity contribution in [1.29, 1.82) is 0 Å². The fourth-order valence-electron chi connectivity index (χ4n) is 2.53. The maximum absolute atomic E-state index is 11.8. The van der Waals surface area contributed by atoms with E-state index in [1.54, 1.807) is 6.92 Å². The van der Waals surface area contributed by atoms with Gasteiger partial charge in [-0.15, -0.1) is 0 Å². The molecule has 0 bridgehead atoms. The molecule has 1 aromatic heterocycles. The van der Waals surface area contributed by atoms with Crippen molar-refractivity contribution < 1.29 is 14.3 Å². The number of imidazole rings is 1. The van der Waals surface area contributed by atoms with Crippen molar-refractivity contribution in [3.8, 4) is 0 Å². The van der Waals surface area contributed by atoms with Crippen LogP contribution in [0.15, 0.2) is 0 Å². The van der Waals surface area contributed by atoms with E-state index in [-0.39, 0.29) is 5.69 Å². The molecule has 0 aliphatic carbocycles. The van der Waals surface area contributed by atoms with Gasteiger partial charge in [0.2, 0.25) is 0 Å². The minimum absolute atomic E-state index is 0.232. The lowest BCUT2D eigenvalue weighted by Crippen LogP contribution is -2.14. The molecule has 2 heterocycles. The van der Waals surface area contributed by atoms with Gasteiger partial charge in [-0.2, -0.15) is 0 Å². The molecule has 0 radical (unpaired) electrons. The van der Waals surface area contributed by atoms with Crippen LogP contribution in [0.1, 0.15) is 49.4 Å². The first-order chi connectivity index (χ1) is 9.67. The number of carbonyl (C=O) groups is 1. The Bertz CT molecular complexity index is 464. The van der Waals surface area contributed by atoms with Crippen molar-refractivity contribution in [2.45, 2.75) is 52.2 Å². The molecule has 1 atom stereocenters. The van der Waals surface area contributed by atoms with Crippen LogP contribution in [0.4, 0.5) is 5.82 Å². The number of aryl methyl sites for hydroxylation is 1. The molecule has 0 aromatic carbocycles. The first kappa shape index (κ1) is 14.8. The van der Waals surface area contributed by atoms with Crippen LogP contribution in [0, 0.1) is 0 Å². The summed E-state index contributed by atoms with van der Waals surface area (Å²) in [6.45, 7) is 5.66. The number of anilines is 1. The topological polar surface area (TPSA) is 79.4 Å². The quantitative estimate of drug-likeness (QED) is 0.804. The molecule has 20 heavy (non-hydrogen) atoms. The number of nitrogen functional groups attached to an aromatic ring is 1. The zero-order valence-electron chi connectivity index (χ0n) is 12.2. The lowest BCUT2D eigenvalue weighted by atomic mass is 10.2. The highest BCUT2D eigenvalue weighted by molar-refractivity contribution is 5.92. The van der Waals surface area contributed by atoms with Gasteiger partial charge in [0, 0.05) is 19.6 Å². The van der Waals surface area contributed by atoms with Crippen LogP contribution in [0.5, 0.6) is 0 Å². The Kier molecular flexibility index (Phi) is 5.00. The number of hydrogen-bond donors (Lipinski definition) is 1. The smallest absolute Gasteiger partial charge is 0.360 e. The van der Waals surface area contributed by atoms with Crippen molar-refractivity contribution in [2.75, 3.05) is 18.9 Å². The summed E-state index contributed by atoms with van der Waals surface area (Å²) >= 11 is 0. The monoisotopic (exact) mass is 281 g/mol. The van der Waals surface area contributed by atoms with E-state index in [1.165, 1.54) is 0 Å². The average molecular weight is 281 g/mol. The van der Waals surface area contributed by atoms with Gasteiger partial charge < -0.3 is 19.8 Å². The van der Waals surface area contributed by atoms with E-state index in [2.05, 4.69) is 4.98 Å². The highest BCUT2D eigenvalue weighted by atomic mass is 16.5. The average Bonchev–Trinajstić information content (AvgIpc) is 3.04. The van der Waals surface area contributed by atoms with Crippen molar-refractivity contribution in [3.05, 3.63) is 11.5 Å². The Labute approximate surface area is 119 Å². The summed E-state index contributed by atoms with van der Waals surface area (Å²) in [4.78, 5) is 16.1. The van der Waals surface area contributed by atoms with Gasteiger partial charge in [-0.1, -0.05) is 6.92 Å². The van der Waals surface area contributed by atoms with Crippen LogP contribution in [-0.2, 0) is 22.4 Å². The summed E-state index contributed by atoms with van der Waals surface area (Å²) in [5.41, 5.74) is 6.29. The number of hydrogen-bond acceptors (Lipinski definition) is 5. The summed E-state index contributed by atoms with van der Waals surface area (Å²) in [7, 11) is 0. The van der Waals surface area contributed by atoms with Crippen LogP contribution in [0.25, 0.3) is 0 Å². The van der Waals surface area contributed by atoms with Gasteiger partial charge in [-0.25, -0.2) is 9.78 Å². The van der Waals surface area contributed by atoms with E-state index in [9.17, 15) is 4.79 Å². The Morgan fingerprint density at radius 3 is 2.95 bits per heavy atom. The second-order valence-corrected chi connectivity index (χ2v) is 4.91. The van der Waals surface area contributed by atoms with Crippen LogP contribution in [0.3, 0.4) is 0 Å². The van der Waals surface area contributed by atoms with E-state index < -0.39 is 5.97 Å². The third-order valence-corrected chi connectivity index (χ3v) is 3.57. The molecule has 112 valence electrons. The van der Waals surface area contributed by atoms with Gasteiger partial charge in [0.05, 0.1) is 12.7 Å². The van der Waals surface area contributed by atoms with Crippen molar-refractivity contribution >= 4 is 11.8 Å². The SMILES string of the molecule is CCOC(=O)c1nc(CC)n(CCC2CCCO2)c1N. The fraction of sp³-hybridized carbons (Fsp3) is 0.714. The zero-order valence-corrected chi connectivity index (χ0v) is 12.2. The molecule has 2 N–H and O–H groups in total. The predicted octanol–water partition coefficient (Wildman–Crippen LogP) is 1.77. The molecule has 1 saturated heterocycles. The van der Waals surface area contributed by atoms with Gasteiger partial charge in [-0.3, -0.25) is 0 Å². The molecule has 2 rings (SSSR count). The molecule has 6 nitrogen and oxygen atoms in total. The lowest BCUT2D eigenvalue weighted by Gasteiger charge is -2.12. The second-order valence-electron chi connectivity index (χ2n) is 4.91. The number of carbonyl (C=O) groups excluding carboxylic acids is 1. The van der Waals surface area contributed by atoms with E-state index in [4.69, 9.17) is 15.2 Å². The van der Waals surface area contributed by atoms with E-state index in [0.29, 0.717) is 18.5 Å². The number of nitrogens with two attached hydrogens (primary N) is 1. The molecule has 1 unspecified atom stereocenters. The molecule has 1 aliphatic heterocycles. The third-order valence-electron chi connectivity index (χ3n) is 3.57. The Balaban J connectivity index is 2.11. The maximum Gasteiger partial charge on any atom is 0.360 e. The summed E-state index contributed by atoms with van der Waals surface area (Å²) in [5, 5.41) is 0. The largest absolute Gasteiger partial charge is 0.461 e. The number of rotatable bonds is 6. The van der Waals surface area contributed by atoms with Crippen LogP contribution < -0.4 is 5.73 Å². The van der Waals surface area contributed by atoms with Gasteiger partial charge >= 0.3 is 5.97 Å². The third kappa shape index (κ3) is 3.12. The number of nitrogens with zero attached hydrogens (tertiary/aromatic N) is 2. The van der Waals surface area contributed by atoms with Gasteiger partial charge in [0.25, 0.3) is 0 Å². The maximum atomic E-state index is 11.8. The Morgan fingerprint density at radius 2 is 2.35 bits per heavy atom. The molecule has 0 amide bonds. The second kappa shape index (κ2) is 6.74. The number of ether oxygens (including phenoxy) is 2. The molecule has 0 spiro atoms. The highest BCUT2D eigenvalue weighted by Gasteiger charge is 2.22. The molecular weight excluding hydrogens is 258 g/mol. The molecule has 0 saturated carbocycles. The zero-order chi connectivity index (χ0) is 14.5. The number of aromatic nitrogens is 2. The normalized spacial score (nSPS) is 18.4. The standard InChI is InChI=1S/C14H23N3O3/c1-3-11-16-12(14(18)19-4-2)13(15)17(11)8-7-10-6-5-9-20-10/h10H,3-9,15H2,1-2H3. The molecule has 1 aliphatic rings. The number of esters is 1. The first-order valence-electron chi connectivity index (χ1n) is 7.30. The van der Waals surface area contributed by atoms with E-state index in [0.717, 1.165) is 44.7 Å². The molecule has 6 heteroatoms. The van der Waals surface area contributed by atoms with E-state index >= 15 is 0 Å². The van der Waals surface area contributed by atoms with Crippen LogP contribution in [-0.4, -0.2) is 34.8 Å².